The molecule has 0 aliphatic heterocycles. The normalized spacial score (nSPS) is 13.1. The number of hydrogen-bond acceptors (Lipinski definition) is 2. The average molecular weight is 206 g/mol. The second-order valence-corrected chi connectivity index (χ2v) is 4.29. The molecule has 2 heteroatoms. The fourth-order valence-corrected chi connectivity index (χ4v) is 1.59. The molecule has 1 rings (SSSR count). The van der Waals surface area contributed by atoms with Crippen LogP contribution in [0.5, 0.6) is 0 Å². The van der Waals surface area contributed by atoms with E-state index in [1.807, 2.05) is 0 Å². The molecule has 1 aromatic carbocycles. The first kappa shape index (κ1) is 12.2. The average Bonchev–Trinajstić information content (AvgIpc) is 2.26. The van der Waals surface area contributed by atoms with Crippen LogP contribution in [0.3, 0.4) is 0 Å². The largest absolute Gasteiger partial charge is 0.329 e. The van der Waals surface area contributed by atoms with Gasteiger partial charge in [-0.25, -0.2) is 0 Å². The highest BCUT2D eigenvalue weighted by atomic mass is 14.9. The first-order valence-corrected chi connectivity index (χ1v) is 5.68. The molecule has 0 bridgehead atoms. The Hall–Kier alpha value is -0.860. The molecule has 0 amide bonds. The molecule has 0 aliphatic carbocycles. The summed E-state index contributed by atoms with van der Waals surface area (Å²) in [6.45, 7) is 8.15. The Morgan fingerprint density at radius 3 is 2.07 bits per heavy atom. The van der Waals surface area contributed by atoms with Crippen molar-refractivity contribution in [2.75, 3.05) is 13.1 Å². The molecule has 0 fully saturated rings. The maximum Gasteiger partial charge on any atom is 0.0292 e. The summed E-state index contributed by atoms with van der Waals surface area (Å²) in [5.74, 6) is 0.603. The van der Waals surface area contributed by atoms with E-state index in [4.69, 9.17) is 5.73 Å². The van der Waals surface area contributed by atoms with E-state index in [1.165, 1.54) is 11.1 Å². The van der Waals surface area contributed by atoms with Crippen LogP contribution < -0.4 is 11.1 Å². The van der Waals surface area contributed by atoms with Crippen molar-refractivity contribution in [3.8, 4) is 0 Å². The Kier molecular flexibility index (Phi) is 4.79. The van der Waals surface area contributed by atoms with Gasteiger partial charge in [0, 0.05) is 19.1 Å². The van der Waals surface area contributed by atoms with Crippen molar-refractivity contribution in [3.63, 3.8) is 0 Å². The number of hydrogen-bond donors (Lipinski definition) is 2. The summed E-state index contributed by atoms with van der Waals surface area (Å²) in [4.78, 5) is 0. The van der Waals surface area contributed by atoms with Gasteiger partial charge in [-0.3, -0.25) is 0 Å². The first-order chi connectivity index (χ1) is 7.15. The zero-order valence-electron chi connectivity index (χ0n) is 9.96. The highest BCUT2D eigenvalue weighted by Gasteiger charge is 2.04. The van der Waals surface area contributed by atoms with E-state index >= 15 is 0 Å². The minimum atomic E-state index is 0.384. The minimum Gasteiger partial charge on any atom is -0.329 e. The zero-order chi connectivity index (χ0) is 11.3. The third-order valence-corrected chi connectivity index (χ3v) is 2.70. The summed E-state index contributed by atoms with van der Waals surface area (Å²) in [6.07, 6.45) is 0. The van der Waals surface area contributed by atoms with E-state index < -0.39 is 0 Å². The fraction of sp³-hybridized carbons (Fsp3) is 0.538. The summed E-state index contributed by atoms with van der Waals surface area (Å²) >= 11 is 0. The van der Waals surface area contributed by atoms with Crippen molar-refractivity contribution in [2.45, 2.75) is 32.7 Å². The third-order valence-electron chi connectivity index (χ3n) is 2.70. The van der Waals surface area contributed by atoms with Crippen LogP contribution in [-0.2, 0) is 0 Å². The number of benzene rings is 1. The van der Waals surface area contributed by atoms with E-state index in [1.54, 1.807) is 0 Å². The van der Waals surface area contributed by atoms with Crippen LogP contribution >= 0.6 is 0 Å². The quantitative estimate of drug-likeness (QED) is 0.776. The monoisotopic (exact) mass is 206 g/mol. The lowest BCUT2D eigenvalue weighted by molar-refractivity contribution is 0.582. The molecule has 1 aromatic rings. The molecule has 0 aliphatic rings. The van der Waals surface area contributed by atoms with E-state index in [2.05, 4.69) is 50.4 Å². The molecule has 1 atom stereocenters. The Morgan fingerprint density at radius 1 is 1.07 bits per heavy atom. The van der Waals surface area contributed by atoms with Crippen molar-refractivity contribution in [1.82, 2.24) is 5.32 Å². The summed E-state index contributed by atoms with van der Waals surface area (Å²) < 4.78 is 0. The van der Waals surface area contributed by atoms with Crippen LogP contribution in [-0.4, -0.2) is 13.1 Å². The second kappa shape index (κ2) is 5.89. The molecule has 0 saturated carbocycles. The van der Waals surface area contributed by atoms with Gasteiger partial charge in [-0.15, -0.1) is 0 Å². The number of nitrogens with one attached hydrogen (secondary N) is 1. The van der Waals surface area contributed by atoms with Crippen molar-refractivity contribution in [2.24, 2.45) is 5.73 Å². The molecule has 3 N–H and O–H groups in total. The van der Waals surface area contributed by atoms with Gasteiger partial charge in [0.1, 0.15) is 0 Å². The lowest BCUT2D eigenvalue weighted by atomic mass is 10.00. The predicted octanol–water partition coefficient (Wildman–Crippen LogP) is 2.42. The fourth-order valence-electron chi connectivity index (χ4n) is 1.59. The number of nitrogens with two attached hydrogens (primary N) is 1. The molecule has 15 heavy (non-hydrogen) atoms. The van der Waals surface area contributed by atoms with Crippen molar-refractivity contribution < 1.29 is 0 Å². The van der Waals surface area contributed by atoms with E-state index in [0.717, 1.165) is 6.54 Å². The lowest BCUT2D eigenvalue weighted by Gasteiger charge is -2.14. The van der Waals surface area contributed by atoms with Gasteiger partial charge < -0.3 is 11.1 Å². The molecule has 84 valence electrons. The van der Waals surface area contributed by atoms with Crippen molar-refractivity contribution in [3.05, 3.63) is 35.4 Å². The van der Waals surface area contributed by atoms with Crippen LogP contribution in [0, 0.1) is 0 Å². The van der Waals surface area contributed by atoms with Gasteiger partial charge in [0.2, 0.25) is 0 Å². The van der Waals surface area contributed by atoms with Crippen LogP contribution in [0.2, 0.25) is 0 Å². The second-order valence-electron chi connectivity index (χ2n) is 4.29. The van der Waals surface area contributed by atoms with E-state index in [-0.39, 0.29) is 0 Å². The Morgan fingerprint density at radius 2 is 1.60 bits per heavy atom. The summed E-state index contributed by atoms with van der Waals surface area (Å²) in [5, 5.41) is 3.37. The molecular formula is C13H22N2. The topological polar surface area (TPSA) is 38.0 Å². The van der Waals surface area contributed by atoms with Crippen molar-refractivity contribution >= 4 is 0 Å². The lowest BCUT2D eigenvalue weighted by Crippen LogP contribution is -2.25. The van der Waals surface area contributed by atoms with Crippen LogP contribution in [0.15, 0.2) is 24.3 Å². The van der Waals surface area contributed by atoms with Crippen LogP contribution in [0.1, 0.15) is 43.9 Å². The van der Waals surface area contributed by atoms with E-state index in [9.17, 15) is 0 Å². The minimum absolute atomic E-state index is 0.384. The molecule has 2 nitrogen and oxygen atoms in total. The van der Waals surface area contributed by atoms with Crippen LogP contribution in [0.25, 0.3) is 0 Å². The Balaban J connectivity index is 2.62. The predicted molar refractivity (Wildman–Crippen MR) is 66.0 cm³/mol. The van der Waals surface area contributed by atoms with Gasteiger partial charge >= 0.3 is 0 Å². The van der Waals surface area contributed by atoms with Gasteiger partial charge in [0.25, 0.3) is 0 Å². The molecular weight excluding hydrogens is 184 g/mol. The SMILES string of the molecule is CC(C)c1ccc(C(C)NCCN)cc1. The van der Waals surface area contributed by atoms with Gasteiger partial charge in [-0.05, 0) is 24.0 Å². The maximum absolute atomic E-state index is 5.46. The van der Waals surface area contributed by atoms with Gasteiger partial charge in [0.05, 0.1) is 0 Å². The maximum atomic E-state index is 5.46. The van der Waals surface area contributed by atoms with E-state index in [0.29, 0.717) is 18.5 Å². The summed E-state index contributed by atoms with van der Waals surface area (Å²) in [6, 6.07) is 9.20. The Bertz CT molecular complexity index is 277. The zero-order valence-corrected chi connectivity index (χ0v) is 9.96. The van der Waals surface area contributed by atoms with Crippen molar-refractivity contribution in [1.29, 1.82) is 0 Å². The Labute approximate surface area is 92.9 Å². The molecule has 0 saturated heterocycles. The molecule has 0 heterocycles. The highest BCUT2D eigenvalue weighted by molar-refractivity contribution is 5.26. The van der Waals surface area contributed by atoms with Gasteiger partial charge in [0.15, 0.2) is 0 Å². The highest BCUT2D eigenvalue weighted by Crippen LogP contribution is 2.18. The van der Waals surface area contributed by atoms with Gasteiger partial charge in [-0.1, -0.05) is 38.1 Å². The summed E-state index contributed by atoms with van der Waals surface area (Å²) in [7, 11) is 0. The summed E-state index contributed by atoms with van der Waals surface area (Å²) in [5.41, 5.74) is 8.18. The molecule has 1 unspecified atom stereocenters. The standard InChI is InChI=1S/C13H22N2/c1-10(2)12-4-6-13(7-5-12)11(3)15-9-8-14/h4-7,10-11,15H,8-9,14H2,1-3H3. The third kappa shape index (κ3) is 3.65. The molecule has 0 aromatic heterocycles. The molecule has 0 radical (unpaired) electrons. The molecule has 0 spiro atoms. The van der Waals surface area contributed by atoms with Gasteiger partial charge in [-0.2, -0.15) is 0 Å². The first-order valence-electron chi connectivity index (χ1n) is 5.68. The smallest absolute Gasteiger partial charge is 0.0292 e. The number of rotatable bonds is 5. The van der Waals surface area contributed by atoms with Crippen LogP contribution in [0.4, 0.5) is 0 Å².